The van der Waals surface area contributed by atoms with Gasteiger partial charge in [-0.1, -0.05) is 11.6 Å². The molecule has 2 aliphatic rings. The van der Waals surface area contributed by atoms with Gasteiger partial charge in [-0.3, -0.25) is 9.69 Å². The standard InChI is InChI=1S/C17H23N3O/c1-12-15-8-9-16(21)20(17(15)19-13(2)18-12)11-10-14-6-4-3-5-7-14/h6H,3-5,7-11H2,1-2H3. The Kier molecular flexibility index (Phi) is 4.04. The fourth-order valence-electron chi connectivity index (χ4n) is 3.34. The Labute approximate surface area is 126 Å². The number of amides is 1. The van der Waals surface area contributed by atoms with E-state index in [0.29, 0.717) is 6.42 Å². The average molecular weight is 285 g/mol. The van der Waals surface area contributed by atoms with Gasteiger partial charge in [0, 0.05) is 24.2 Å². The third-order valence-corrected chi connectivity index (χ3v) is 4.49. The van der Waals surface area contributed by atoms with Gasteiger partial charge in [-0.2, -0.15) is 0 Å². The molecule has 1 amide bonds. The van der Waals surface area contributed by atoms with Gasteiger partial charge in [-0.15, -0.1) is 0 Å². The molecule has 0 unspecified atom stereocenters. The highest BCUT2D eigenvalue weighted by Crippen LogP contribution is 2.29. The molecule has 0 fully saturated rings. The number of aromatic nitrogens is 2. The Hall–Kier alpha value is -1.71. The number of aryl methyl sites for hydroxylation is 2. The highest BCUT2D eigenvalue weighted by atomic mass is 16.2. The first-order valence-electron chi connectivity index (χ1n) is 7.97. The smallest absolute Gasteiger partial charge is 0.228 e. The van der Waals surface area contributed by atoms with Crippen molar-refractivity contribution in [1.82, 2.24) is 9.97 Å². The second kappa shape index (κ2) is 5.96. The second-order valence-electron chi connectivity index (χ2n) is 6.06. The first-order valence-corrected chi connectivity index (χ1v) is 7.97. The Morgan fingerprint density at radius 1 is 1.14 bits per heavy atom. The van der Waals surface area contributed by atoms with Crippen LogP contribution >= 0.6 is 0 Å². The van der Waals surface area contributed by atoms with Crippen molar-refractivity contribution in [2.45, 2.75) is 58.8 Å². The number of hydrogen-bond donors (Lipinski definition) is 0. The van der Waals surface area contributed by atoms with E-state index in [0.717, 1.165) is 42.3 Å². The molecule has 3 rings (SSSR count). The molecule has 0 saturated carbocycles. The molecule has 4 heteroatoms. The predicted octanol–water partition coefficient (Wildman–Crippen LogP) is 3.26. The molecule has 1 aliphatic heterocycles. The van der Waals surface area contributed by atoms with Crippen molar-refractivity contribution in [3.63, 3.8) is 0 Å². The minimum absolute atomic E-state index is 0.205. The molecule has 0 aromatic carbocycles. The fraction of sp³-hybridized carbons (Fsp3) is 0.588. The van der Waals surface area contributed by atoms with Crippen LogP contribution in [-0.4, -0.2) is 22.4 Å². The van der Waals surface area contributed by atoms with E-state index in [2.05, 4.69) is 16.0 Å². The van der Waals surface area contributed by atoms with Gasteiger partial charge in [-0.05, 0) is 52.4 Å². The lowest BCUT2D eigenvalue weighted by atomic mass is 9.96. The molecule has 0 spiro atoms. The zero-order chi connectivity index (χ0) is 14.8. The molecule has 0 atom stereocenters. The summed E-state index contributed by atoms with van der Waals surface area (Å²) in [6, 6.07) is 0. The van der Waals surface area contributed by atoms with Gasteiger partial charge in [-0.25, -0.2) is 9.97 Å². The maximum absolute atomic E-state index is 12.3. The van der Waals surface area contributed by atoms with Crippen LogP contribution in [0.25, 0.3) is 0 Å². The summed E-state index contributed by atoms with van der Waals surface area (Å²) in [6.45, 7) is 4.67. The second-order valence-corrected chi connectivity index (χ2v) is 6.06. The summed E-state index contributed by atoms with van der Waals surface area (Å²) in [4.78, 5) is 23.2. The van der Waals surface area contributed by atoms with Crippen LogP contribution in [0.3, 0.4) is 0 Å². The summed E-state index contributed by atoms with van der Waals surface area (Å²) in [5.41, 5.74) is 3.67. The first-order chi connectivity index (χ1) is 10.1. The van der Waals surface area contributed by atoms with Crippen molar-refractivity contribution in [3.8, 4) is 0 Å². The quantitative estimate of drug-likeness (QED) is 0.801. The van der Waals surface area contributed by atoms with Crippen molar-refractivity contribution >= 4 is 11.7 Å². The van der Waals surface area contributed by atoms with Crippen LogP contribution in [0.15, 0.2) is 11.6 Å². The van der Waals surface area contributed by atoms with Crippen molar-refractivity contribution in [3.05, 3.63) is 28.7 Å². The van der Waals surface area contributed by atoms with Crippen LogP contribution in [-0.2, 0) is 11.2 Å². The molecule has 4 nitrogen and oxygen atoms in total. The van der Waals surface area contributed by atoms with Crippen molar-refractivity contribution in [2.75, 3.05) is 11.4 Å². The average Bonchev–Trinajstić information content (AvgIpc) is 2.47. The van der Waals surface area contributed by atoms with Gasteiger partial charge in [0.25, 0.3) is 0 Å². The molecule has 1 aromatic heterocycles. The Morgan fingerprint density at radius 2 is 2.00 bits per heavy atom. The van der Waals surface area contributed by atoms with E-state index in [-0.39, 0.29) is 5.91 Å². The number of carbonyl (C=O) groups excluding carboxylic acids is 1. The molecular formula is C17H23N3O. The van der Waals surface area contributed by atoms with Crippen LogP contribution in [0.1, 0.15) is 55.6 Å². The largest absolute Gasteiger partial charge is 0.296 e. The SMILES string of the molecule is Cc1nc(C)c2c(n1)N(CCC1=CCCCC1)C(=O)CC2. The number of rotatable bonds is 3. The number of fused-ring (bicyclic) bond motifs is 1. The van der Waals surface area contributed by atoms with Crippen LogP contribution in [0.2, 0.25) is 0 Å². The highest BCUT2D eigenvalue weighted by Gasteiger charge is 2.27. The van der Waals surface area contributed by atoms with Crippen LogP contribution in [0.4, 0.5) is 5.82 Å². The fourth-order valence-corrected chi connectivity index (χ4v) is 3.34. The molecule has 1 aliphatic carbocycles. The molecule has 21 heavy (non-hydrogen) atoms. The molecule has 2 heterocycles. The number of carbonyl (C=O) groups is 1. The molecule has 112 valence electrons. The number of anilines is 1. The normalized spacial score (nSPS) is 18.5. The lowest BCUT2D eigenvalue weighted by Gasteiger charge is -2.29. The summed E-state index contributed by atoms with van der Waals surface area (Å²) in [6.07, 6.45) is 9.68. The van der Waals surface area contributed by atoms with Gasteiger partial charge in [0.05, 0.1) is 0 Å². The van der Waals surface area contributed by atoms with E-state index in [1.54, 1.807) is 0 Å². The topological polar surface area (TPSA) is 46.1 Å². The van der Waals surface area contributed by atoms with E-state index in [1.165, 1.54) is 31.3 Å². The predicted molar refractivity (Wildman–Crippen MR) is 83.3 cm³/mol. The van der Waals surface area contributed by atoms with Gasteiger partial charge >= 0.3 is 0 Å². The van der Waals surface area contributed by atoms with Crippen LogP contribution in [0.5, 0.6) is 0 Å². The summed E-state index contributed by atoms with van der Waals surface area (Å²) in [7, 11) is 0. The van der Waals surface area contributed by atoms with Gasteiger partial charge in [0.15, 0.2) is 0 Å². The highest BCUT2D eigenvalue weighted by molar-refractivity contribution is 5.95. The van der Waals surface area contributed by atoms with Gasteiger partial charge in [0.2, 0.25) is 5.91 Å². The molecule has 1 aromatic rings. The van der Waals surface area contributed by atoms with E-state index in [9.17, 15) is 4.79 Å². The van der Waals surface area contributed by atoms with Crippen LogP contribution < -0.4 is 4.90 Å². The van der Waals surface area contributed by atoms with E-state index in [1.807, 2.05) is 18.7 Å². The number of nitrogens with zero attached hydrogens (tertiary/aromatic N) is 3. The van der Waals surface area contributed by atoms with Gasteiger partial charge in [0.1, 0.15) is 11.6 Å². The minimum atomic E-state index is 0.205. The molecular weight excluding hydrogens is 262 g/mol. The molecule has 0 radical (unpaired) electrons. The Balaban J connectivity index is 1.82. The van der Waals surface area contributed by atoms with Crippen molar-refractivity contribution in [2.24, 2.45) is 0 Å². The molecule has 0 bridgehead atoms. The van der Waals surface area contributed by atoms with E-state index >= 15 is 0 Å². The van der Waals surface area contributed by atoms with E-state index in [4.69, 9.17) is 0 Å². The maximum Gasteiger partial charge on any atom is 0.228 e. The Morgan fingerprint density at radius 3 is 2.76 bits per heavy atom. The molecule has 0 saturated heterocycles. The monoisotopic (exact) mass is 285 g/mol. The van der Waals surface area contributed by atoms with Crippen molar-refractivity contribution < 1.29 is 4.79 Å². The van der Waals surface area contributed by atoms with E-state index < -0.39 is 0 Å². The number of allylic oxidation sites excluding steroid dienone is 1. The van der Waals surface area contributed by atoms with Crippen LogP contribution in [0, 0.1) is 13.8 Å². The summed E-state index contributed by atoms with van der Waals surface area (Å²) in [5, 5.41) is 0. The third kappa shape index (κ3) is 2.99. The summed E-state index contributed by atoms with van der Waals surface area (Å²) >= 11 is 0. The Bertz CT molecular complexity index is 592. The van der Waals surface area contributed by atoms with Crippen molar-refractivity contribution in [1.29, 1.82) is 0 Å². The minimum Gasteiger partial charge on any atom is -0.296 e. The summed E-state index contributed by atoms with van der Waals surface area (Å²) in [5.74, 6) is 1.81. The van der Waals surface area contributed by atoms with Gasteiger partial charge < -0.3 is 0 Å². The zero-order valence-corrected chi connectivity index (χ0v) is 13.0. The summed E-state index contributed by atoms with van der Waals surface area (Å²) < 4.78 is 0. The lowest BCUT2D eigenvalue weighted by molar-refractivity contribution is -0.118. The number of hydrogen-bond acceptors (Lipinski definition) is 3. The third-order valence-electron chi connectivity index (χ3n) is 4.49. The zero-order valence-electron chi connectivity index (χ0n) is 13.0. The first kappa shape index (κ1) is 14.2. The molecule has 0 N–H and O–H groups in total. The lowest BCUT2D eigenvalue weighted by Crippen LogP contribution is -2.37. The maximum atomic E-state index is 12.3.